The van der Waals surface area contributed by atoms with E-state index in [9.17, 15) is 13.2 Å². The predicted octanol–water partition coefficient (Wildman–Crippen LogP) is 1.60. The maximum absolute atomic E-state index is 12.1. The number of hydrogen-bond donors (Lipinski definition) is 0. The van der Waals surface area contributed by atoms with E-state index in [1.54, 1.807) is 29.2 Å². The highest BCUT2D eigenvalue weighted by molar-refractivity contribution is 7.91. The van der Waals surface area contributed by atoms with Crippen molar-refractivity contribution in [2.24, 2.45) is 0 Å². The lowest BCUT2D eigenvalue weighted by Crippen LogP contribution is -2.31. The summed E-state index contributed by atoms with van der Waals surface area (Å²) in [5.41, 5.74) is 0.536. The number of carbonyl (C=O) groups excluding carboxylic acids is 1. The summed E-state index contributed by atoms with van der Waals surface area (Å²) < 4.78 is 22.9. The zero-order valence-corrected chi connectivity index (χ0v) is 11.5. The Morgan fingerprint density at radius 2 is 1.94 bits per heavy atom. The third kappa shape index (κ3) is 2.84. The average Bonchev–Trinajstić information content (AvgIpc) is 2.78. The van der Waals surface area contributed by atoms with Gasteiger partial charge in [0.05, 0.1) is 5.25 Å². The van der Waals surface area contributed by atoms with E-state index in [0.29, 0.717) is 23.6 Å². The number of carbonyl (C=O) groups is 1. The van der Waals surface area contributed by atoms with Crippen molar-refractivity contribution in [3.8, 4) is 0 Å². The average molecular weight is 288 g/mol. The first-order valence-electron chi connectivity index (χ1n) is 5.61. The number of halogens is 1. The summed E-state index contributed by atoms with van der Waals surface area (Å²) in [6.07, 6.45) is 1.73. The highest BCUT2D eigenvalue weighted by Gasteiger charge is 2.32. The zero-order chi connectivity index (χ0) is 13.3. The van der Waals surface area contributed by atoms with Gasteiger partial charge >= 0.3 is 0 Å². The molecule has 1 aliphatic heterocycles. The van der Waals surface area contributed by atoms with Crippen molar-refractivity contribution in [2.75, 3.05) is 19.3 Å². The van der Waals surface area contributed by atoms with Gasteiger partial charge < -0.3 is 4.90 Å². The molecule has 1 aromatic carbocycles. The molecule has 18 heavy (non-hydrogen) atoms. The van der Waals surface area contributed by atoms with Crippen LogP contribution in [0.2, 0.25) is 5.02 Å². The van der Waals surface area contributed by atoms with Gasteiger partial charge in [-0.2, -0.15) is 0 Å². The van der Waals surface area contributed by atoms with E-state index < -0.39 is 15.1 Å². The van der Waals surface area contributed by atoms with Crippen LogP contribution in [0.25, 0.3) is 0 Å². The second-order valence-corrected chi connectivity index (χ2v) is 7.26. The van der Waals surface area contributed by atoms with Gasteiger partial charge in [-0.3, -0.25) is 4.79 Å². The quantitative estimate of drug-likeness (QED) is 0.830. The van der Waals surface area contributed by atoms with Gasteiger partial charge in [0.25, 0.3) is 5.91 Å². The van der Waals surface area contributed by atoms with Gasteiger partial charge in [0.15, 0.2) is 9.84 Å². The van der Waals surface area contributed by atoms with Crippen molar-refractivity contribution in [2.45, 2.75) is 11.7 Å². The molecule has 1 heterocycles. The fourth-order valence-corrected chi connectivity index (χ4v) is 3.15. The van der Waals surface area contributed by atoms with Crippen molar-refractivity contribution in [1.29, 1.82) is 0 Å². The zero-order valence-electron chi connectivity index (χ0n) is 9.97. The van der Waals surface area contributed by atoms with Crippen LogP contribution in [0.4, 0.5) is 0 Å². The van der Waals surface area contributed by atoms with Crippen LogP contribution in [0.15, 0.2) is 24.3 Å². The molecule has 4 nitrogen and oxygen atoms in total. The third-order valence-corrected chi connectivity index (χ3v) is 4.98. The van der Waals surface area contributed by atoms with Crippen LogP contribution in [-0.4, -0.2) is 43.8 Å². The molecule has 0 unspecified atom stereocenters. The Hall–Kier alpha value is -1.07. The predicted molar refractivity (Wildman–Crippen MR) is 70.6 cm³/mol. The normalized spacial score (nSPS) is 20.1. The van der Waals surface area contributed by atoms with Crippen LogP contribution < -0.4 is 0 Å². The lowest BCUT2D eigenvalue weighted by molar-refractivity contribution is 0.0793. The number of rotatable bonds is 2. The topological polar surface area (TPSA) is 54.5 Å². The lowest BCUT2D eigenvalue weighted by Gasteiger charge is -2.16. The fraction of sp³-hybridized carbons (Fsp3) is 0.417. The Morgan fingerprint density at radius 3 is 2.44 bits per heavy atom. The van der Waals surface area contributed by atoms with E-state index in [1.807, 2.05) is 0 Å². The lowest BCUT2D eigenvalue weighted by atomic mass is 10.2. The van der Waals surface area contributed by atoms with Crippen LogP contribution in [0, 0.1) is 0 Å². The van der Waals surface area contributed by atoms with Crippen molar-refractivity contribution in [3.63, 3.8) is 0 Å². The third-order valence-electron chi connectivity index (χ3n) is 3.13. The second-order valence-electron chi connectivity index (χ2n) is 4.50. The molecule has 0 N–H and O–H groups in total. The van der Waals surface area contributed by atoms with Crippen LogP contribution in [0.1, 0.15) is 16.8 Å². The molecular formula is C12H14ClNO3S. The number of nitrogens with zero attached hydrogens (tertiary/aromatic N) is 1. The molecule has 1 aromatic rings. The standard InChI is InChI=1S/C12H14ClNO3S/c1-18(16,17)11-6-7-14(8-11)12(15)9-2-4-10(13)5-3-9/h2-5,11H,6-8H2,1H3/t11-/m0/s1. The van der Waals surface area contributed by atoms with Crippen molar-refractivity contribution in [3.05, 3.63) is 34.9 Å². The molecule has 0 aromatic heterocycles. The first kappa shape index (κ1) is 13.4. The van der Waals surface area contributed by atoms with Gasteiger partial charge in [0.2, 0.25) is 0 Å². The Kier molecular flexibility index (Phi) is 3.64. The first-order valence-corrected chi connectivity index (χ1v) is 7.95. The van der Waals surface area contributed by atoms with Gasteiger partial charge in [-0.25, -0.2) is 8.42 Å². The molecule has 1 fully saturated rings. The Balaban J connectivity index is 2.10. The van der Waals surface area contributed by atoms with Crippen LogP contribution >= 0.6 is 11.6 Å². The minimum atomic E-state index is -3.07. The van der Waals surface area contributed by atoms with Gasteiger partial charge in [-0.1, -0.05) is 11.6 Å². The van der Waals surface area contributed by atoms with Crippen molar-refractivity contribution >= 4 is 27.3 Å². The number of amides is 1. The number of benzene rings is 1. The summed E-state index contributed by atoms with van der Waals surface area (Å²) in [5, 5.41) is 0.135. The summed E-state index contributed by atoms with van der Waals surface area (Å²) in [6.45, 7) is 0.763. The molecule has 1 amide bonds. The summed E-state index contributed by atoms with van der Waals surface area (Å²) >= 11 is 5.75. The number of sulfone groups is 1. The molecule has 98 valence electrons. The molecule has 1 aliphatic rings. The van der Waals surface area contributed by atoms with E-state index >= 15 is 0 Å². The highest BCUT2D eigenvalue weighted by atomic mass is 35.5. The minimum Gasteiger partial charge on any atom is -0.337 e. The number of likely N-dealkylation sites (tertiary alicyclic amines) is 1. The molecule has 6 heteroatoms. The Bertz CT molecular complexity index is 553. The summed E-state index contributed by atoms with van der Waals surface area (Å²) in [4.78, 5) is 13.7. The molecule has 1 saturated heterocycles. The maximum Gasteiger partial charge on any atom is 0.253 e. The van der Waals surface area contributed by atoms with Crippen molar-refractivity contribution < 1.29 is 13.2 Å². The molecule has 0 saturated carbocycles. The molecule has 0 aliphatic carbocycles. The molecular weight excluding hydrogens is 274 g/mol. The summed E-state index contributed by atoms with van der Waals surface area (Å²) in [7, 11) is -3.07. The van der Waals surface area contributed by atoms with Crippen molar-refractivity contribution in [1.82, 2.24) is 4.90 Å². The van der Waals surface area contributed by atoms with Crippen LogP contribution in [0.3, 0.4) is 0 Å². The SMILES string of the molecule is CS(=O)(=O)[C@H]1CCN(C(=O)c2ccc(Cl)cc2)C1. The molecule has 0 spiro atoms. The largest absolute Gasteiger partial charge is 0.337 e. The van der Waals surface area contributed by atoms with Gasteiger partial charge in [0, 0.05) is 29.9 Å². The minimum absolute atomic E-state index is 0.141. The molecule has 2 rings (SSSR count). The van der Waals surface area contributed by atoms with Crippen LogP contribution in [-0.2, 0) is 9.84 Å². The summed E-state index contributed by atoms with van der Waals surface area (Å²) in [5.74, 6) is -0.141. The summed E-state index contributed by atoms with van der Waals surface area (Å²) in [6, 6.07) is 6.61. The monoisotopic (exact) mass is 287 g/mol. The Labute approximate surface area is 111 Å². The van der Waals surface area contributed by atoms with E-state index in [4.69, 9.17) is 11.6 Å². The second kappa shape index (κ2) is 4.90. The first-order chi connectivity index (χ1) is 8.38. The molecule has 1 atom stereocenters. The van der Waals surface area contributed by atoms with Gasteiger partial charge in [0.1, 0.15) is 0 Å². The Morgan fingerprint density at radius 1 is 1.33 bits per heavy atom. The molecule has 0 radical (unpaired) electrons. The molecule has 0 bridgehead atoms. The van der Waals surface area contributed by atoms with Gasteiger partial charge in [-0.15, -0.1) is 0 Å². The maximum atomic E-state index is 12.1. The van der Waals surface area contributed by atoms with E-state index in [1.165, 1.54) is 6.26 Å². The highest BCUT2D eigenvalue weighted by Crippen LogP contribution is 2.19. The smallest absolute Gasteiger partial charge is 0.253 e. The van der Waals surface area contributed by atoms with E-state index in [0.717, 1.165) is 0 Å². The van der Waals surface area contributed by atoms with Crippen LogP contribution in [0.5, 0.6) is 0 Å². The van der Waals surface area contributed by atoms with E-state index in [-0.39, 0.29) is 12.5 Å². The van der Waals surface area contributed by atoms with Gasteiger partial charge in [-0.05, 0) is 30.7 Å². The van der Waals surface area contributed by atoms with E-state index in [2.05, 4.69) is 0 Å². The fourth-order valence-electron chi connectivity index (χ4n) is 2.04. The number of hydrogen-bond acceptors (Lipinski definition) is 3.